The van der Waals surface area contributed by atoms with Crippen LogP contribution >= 0.6 is 11.3 Å². The third-order valence-corrected chi connectivity index (χ3v) is 6.30. The minimum Gasteiger partial charge on any atom is -0.447 e. The summed E-state index contributed by atoms with van der Waals surface area (Å²) in [7, 11) is 0. The Hall–Kier alpha value is -2.18. The van der Waals surface area contributed by atoms with Crippen LogP contribution in [0.25, 0.3) is 0 Å². The molecular formula is C20H22N2O3S. The molecule has 1 atom stereocenters. The van der Waals surface area contributed by atoms with E-state index in [9.17, 15) is 9.59 Å². The Labute approximate surface area is 157 Å². The van der Waals surface area contributed by atoms with Crippen molar-refractivity contribution in [1.29, 1.82) is 0 Å². The van der Waals surface area contributed by atoms with Gasteiger partial charge in [-0.25, -0.2) is 0 Å². The van der Waals surface area contributed by atoms with Crippen LogP contribution in [0.5, 0.6) is 10.8 Å². The molecule has 1 aromatic heterocycles. The number of ketones is 1. The van der Waals surface area contributed by atoms with Crippen LogP contribution in [0.1, 0.15) is 39.8 Å². The lowest BCUT2D eigenvalue weighted by Crippen LogP contribution is -2.57. The Morgan fingerprint density at radius 3 is 2.42 bits per heavy atom. The molecule has 1 amide bonds. The van der Waals surface area contributed by atoms with Crippen molar-refractivity contribution >= 4 is 23.0 Å². The lowest BCUT2D eigenvalue weighted by atomic mass is 9.84. The third kappa shape index (κ3) is 3.66. The maximum atomic E-state index is 12.5. The second-order valence-electron chi connectivity index (χ2n) is 7.02. The number of ether oxygens (including phenoxy) is 1. The number of carbonyl (C=O) groups excluding carboxylic acids is 2. The highest BCUT2D eigenvalue weighted by molar-refractivity contribution is 7.15. The zero-order chi connectivity index (χ0) is 18.1. The number of nitrogens with zero attached hydrogens (tertiary/aromatic N) is 1. The molecule has 2 aromatic rings. The molecule has 5 nitrogen and oxygen atoms in total. The highest BCUT2D eigenvalue weighted by Crippen LogP contribution is 2.30. The SMILES string of the molecule is CC(=O)c1ccc(Oc2ccc(C(=O)N[C@H]3CN4CCC3CC4)cc2)s1. The second kappa shape index (κ2) is 7.21. The maximum absolute atomic E-state index is 12.5. The number of Topliss-reactive ketones (excluding diaryl/α,β-unsaturated/α-hetero) is 1. The van der Waals surface area contributed by atoms with Crippen molar-refractivity contribution in [3.63, 3.8) is 0 Å². The molecule has 2 bridgehead atoms. The first-order valence-electron chi connectivity index (χ1n) is 9.00. The third-order valence-electron chi connectivity index (χ3n) is 5.24. The highest BCUT2D eigenvalue weighted by Gasteiger charge is 2.34. The Balaban J connectivity index is 1.37. The standard InChI is InChI=1S/C20H22N2O3S/c1-13(23)18-6-7-19(26-18)25-16-4-2-15(3-5-16)20(24)21-17-12-22-10-8-14(17)9-11-22/h2-7,14,17H,8-12H2,1H3,(H,21,24)/t17-/m0/s1. The zero-order valence-corrected chi connectivity index (χ0v) is 15.6. The van der Waals surface area contributed by atoms with Gasteiger partial charge in [0.25, 0.3) is 5.91 Å². The van der Waals surface area contributed by atoms with E-state index in [1.54, 1.807) is 36.4 Å². The quantitative estimate of drug-likeness (QED) is 0.818. The van der Waals surface area contributed by atoms with Crippen molar-refractivity contribution in [2.75, 3.05) is 19.6 Å². The Morgan fingerprint density at radius 1 is 1.12 bits per heavy atom. The van der Waals surface area contributed by atoms with Gasteiger partial charge in [0.1, 0.15) is 5.75 Å². The van der Waals surface area contributed by atoms with E-state index < -0.39 is 0 Å². The predicted octanol–water partition coefficient (Wildman–Crippen LogP) is 3.57. The van der Waals surface area contributed by atoms with Crippen LogP contribution in [0.3, 0.4) is 0 Å². The van der Waals surface area contributed by atoms with Gasteiger partial charge in [-0.2, -0.15) is 0 Å². The fourth-order valence-electron chi connectivity index (χ4n) is 3.74. The first kappa shape index (κ1) is 17.2. The summed E-state index contributed by atoms with van der Waals surface area (Å²) < 4.78 is 5.76. The van der Waals surface area contributed by atoms with Crippen molar-refractivity contribution < 1.29 is 14.3 Å². The van der Waals surface area contributed by atoms with Gasteiger partial charge >= 0.3 is 0 Å². The molecule has 0 aliphatic carbocycles. The summed E-state index contributed by atoms with van der Waals surface area (Å²) in [5, 5.41) is 3.86. The van der Waals surface area contributed by atoms with E-state index in [1.807, 2.05) is 0 Å². The molecule has 3 aliphatic rings. The molecule has 3 aliphatic heterocycles. The van der Waals surface area contributed by atoms with Crippen molar-refractivity contribution in [1.82, 2.24) is 10.2 Å². The number of benzene rings is 1. The lowest BCUT2D eigenvalue weighted by molar-refractivity contribution is 0.0620. The summed E-state index contributed by atoms with van der Waals surface area (Å²) in [6.07, 6.45) is 2.36. The summed E-state index contributed by atoms with van der Waals surface area (Å²) in [6, 6.07) is 11.0. The van der Waals surface area contributed by atoms with Gasteiger partial charge in [-0.3, -0.25) is 9.59 Å². The van der Waals surface area contributed by atoms with Crippen LogP contribution in [0.2, 0.25) is 0 Å². The summed E-state index contributed by atoms with van der Waals surface area (Å²) >= 11 is 1.32. The first-order valence-corrected chi connectivity index (χ1v) is 9.82. The number of hydrogen-bond donors (Lipinski definition) is 1. The van der Waals surface area contributed by atoms with E-state index in [2.05, 4.69) is 10.2 Å². The molecule has 0 spiro atoms. The predicted molar refractivity (Wildman–Crippen MR) is 101 cm³/mol. The summed E-state index contributed by atoms with van der Waals surface area (Å²) in [6.45, 7) is 4.83. The molecule has 6 heteroatoms. The van der Waals surface area contributed by atoms with Crippen molar-refractivity contribution in [2.45, 2.75) is 25.8 Å². The Bertz CT molecular complexity index is 807. The molecule has 0 unspecified atom stereocenters. The van der Waals surface area contributed by atoms with Crippen LogP contribution in [-0.4, -0.2) is 42.3 Å². The second-order valence-corrected chi connectivity index (χ2v) is 8.07. The number of amides is 1. The van der Waals surface area contributed by atoms with Gasteiger partial charge in [0, 0.05) is 18.2 Å². The molecule has 3 saturated heterocycles. The van der Waals surface area contributed by atoms with E-state index in [1.165, 1.54) is 31.1 Å². The van der Waals surface area contributed by atoms with E-state index >= 15 is 0 Å². The summed E-state index contributed by atoms with van der Waals surface area (Å²) in [5.41, 5.74) is 0.643. The van der Waals surface area contributed by atoms with Gasteiger partial charge in [-0.15, -0.1) is 0 Å². The van der Waals surface area contributed by atoms with Crippen LogP contribution in [-0.2, 0) is 0 Å². The summed E-state index contributed by atoms with van der Waals surface area (Å²) in [4.78, 5) is 27.0. The number of piperidine rings is 3. The number of carbonyl (C=O) groups is 2. The Morgan fingerprint density at radius 2 is 1.85 bits per heavy atom. The monoisotopic (exact) mass is 370 g/mol. The molecule has 1 N–H and O–H groups in total. The topological polar surface area (TPSA) is 58.6 Å². The molecule has 26 heavy (non-hydrogen) atoms. The Kier molecular flexibility index (Phi) is 4.78. The molecule has 4 heterocycles. The molecule has 5 rings (SSSR count). The number of thiophene rings is 1. The molecule has 3 fully saturated rings. The molecule has 1 aromatic carbocycles. The van der Waals surface area contributed by atoms with Crippen molar-refractivity contribution in [2.24, 2.45) is 5.92 Å². The van der Waals surface area contributed by atoms with E-state index in [0.717, 1.165) is 19.6 Å². The van der Waals surface area contributed by atoms with Crippen LogP contribution < -0.4 is 10.1 Å². The van der Waals surface area contributed by atoms with Crippen LogP contribution in [0.15, 0.2) is 36.4 Å². The molecule has 136 valence electrons. The molecule has 0 saturated carbocycles. The fourth-order valence-corrected chi connectivity index (χ4v) is 4.51. The highest BCUT2D eigenvalue weighted by atomic mass is 32.1. The number of nitrogens with one attached hydrogen (secondary N) is 1. The van der Waals surface area contributed by atoms with Gasteiger partial charge in [0.15, 0.2) is 10.8 Å². The number of fused-ring (bicyclic) bond motifs is 3. The minimum absolute atomic E-state index is 0.0229. The smallest absolute Gasteiger partial charge is 0.251 e. The van der Waals surface area contributed by atoms with E-state index in [-0.39, 0.29) is 17.7 Å². The fraction of sp³-hybridized carbons (Fsp3) is 0.400. The zero-order valence-electron chi connectivity index (χ0n) is 14.7. The van der Waals surface area contributed by atoms with Crippen molar-refractivity contribution in [3.05, 3.63) is 46.8 Å². The minimum atomic E-state index is -0.0229. The largest absolute Gasteiger partial charge is 0.447 e. The van der Waals surface area contributed by atoms with Gasteiger partial charge in [-0.05, 0) is 75.2 Å². The maximum Gasteiger partial charge on any atom is 0.251 e. The first-order chi connectivity index (χ1) is 12.6. The molecule has 0 radical (unpaired) electrons. The van der Waals surface area contributed by atoms with E-state index in [4.69, 9.17) is 4.74 Å². The number of rotatable bonds is 5. The normalized spacial score (nSPS) is 24.3. The number of hydrogen-bond acceptors (Lipinski definition) is 5. The van der Waals surface area contributed by atoms with Crippen molar-refractivity contribution in [3.8, 4) is 10.8 Å². The lowest BCUT2D eigenvalue weighted by Gasteiger charge is -2.44. The average Bonchev–Trinajstić information content (AvgIpc) is 3.12. The molecular weight excluding hydrogens is 348 g/mol. The van der Waals surface area contributed by atoms with E-state index in [0.29, 0.717) is 27.2 Å². The van der Waals surface area contributed by atoms with Gasteiger partial charge in [0.05, 0.1) is 4.88 Å². The van der Waals surface area contributed by atoms with Gasteiger partial charge in [-0.1, -0.05) is 11.3 Å². The average molecular weight is 370 g/mol. The van der Waals surface area contributed by atoms with Gasteiger partial charge < -0.3 is 15.0 Å². The van der Waals surface area contributed by atoms with Gasteiger partial charge in [0.2, 0.25) is 0 Å². The summed E-state index contributed by atoms with van der Waals surface area (Å²) in [5.74, 6) is 1.28. The van der Waals surface area contributed by atoms with Crippen LogP contribution in [0.4, 0.5) is 0 Å². The van der Waals surface area contributed by atoms with Crippen LogP contribution in [0, 0.1) is 5.92 Å².